The Labute approximate surface area is 180 Å². The van der Waals surface area contributed by atoms with Crippen molar-refractivity contribution in [3.63, 3.8) is 0 Å². The first kappa shape index (κ1) is 21.2. The molecule has 2 amide bonds. The van der Waals surface area contributed by atoms with Gasteiger partial charge in [0.2, 0.25) is 11.8 Å². The molecule has 8 heteroatoms. The van der Waals surface area contributed by atoms with Crippen LogP contribution in [0.5, 0.6) is 0 Å². The first-order chi connectivity index (χ1) is 14.4. The molecule has 2 bridgehead atoms. The van der Waals surface area contributed by atoms with Crippen molar-refractivity contribution in [2.75, 3.05) is 19.8 Å². The zero-order valence-corrected chi connectivity index (χ0v) is 18.1. The van der Waals surface area contributed by atoms with Crippen LogP contribution in [0.1, 0.15) is 32.3 Å². The molecule has 0 saturated carbocycles. The number of thioether (sulfide) groups is 1. The fourth-order valence-electron chi connectivity index (χ4n) is 5.55. The quantitative estimate of drug-likeness (QED) is 0.632. The Morgan fingerprint density at radius 2 is 2.03 bits per heavy atom. The lowest BCUT2D eigenvalue weighted by Crippen LogP contribution is -2.53. The van der Waals surface area contributed by atoms with Crippen molar-refractivity contribution >= 4 is 29.5 Å². The van der Waals surface area contributed by atoms with Crippen LogP contribution in [0.4, 0.5) is 0 Å². The highest BCUT2D eigenvalue weighted by atomic mass is 32.2. The second kappa shape index (κ2) is 7.89. The van der Waals surface area contributed by atoms with Gasteiger partial charge in [-0.05, 0) is 32.3 Å². The van der Waals surface area contributed by atoms with Gasteiger partial charge in [-0.25, -0.2) is 0 Å². The van der Waals surface area contributed by atoms with Crippen LogP contribution in [-0.2, 0) is 25.7 Å². The number of carbonyl (C=O) groups is 3. The van der Waals surface area contributed by atoms with Gasteiger partial charge in [-0.3, -0.25) is 14.4 Å². The summed E-state index contributed by atoms with van der Waals surface area (Å²) >= 11 is 1.60. The molecule has 30 heavy (non-hydrogen) atoms. The lowest BCUT2D eigenvalue weighted by atomic mass is 9.66. The van der Waals surface area contributed by atoms with Gasteiger partial charge in [-0.15, -0.1) is 11.8 Å². The molecule has 3 saturated heterocycles. The highest BCUT2D eigenvalue weighted by Gasteiger charge is 2.77. The van der Waals surface area contributed by atoms with Gasteiger partial charge in [0.1, 0.15) is 6.04 Å². The average molecular weight is 433 g/mol. The molecule has 3 aliphatic rings. The van der Waals surface area contributed by atoms with Crippen molar-refractivity contribution in [1.29, 1.82) is 0 Å². The summed E-state index contributed by atoms with van der Waals surface area (Å²) in [4.78, 5) is 41.1. The molecule has 1 aromatic carbocycles. The van der Waals surface area contributed by atoms with Crippen LogP contribution in [-0.4, -0.2) is 63.1 Å². The number of fused-ring (bicyclic) bond motifs is 1. The number of carbonyl (C=O) groups excluding carboxylic acids is 3. The summed E-state index contributed by atoms with van der Waals surface area (Å²) in [6.07, 6.45) is 1.44. The summed E-state index contributed by atoms with van der Waals surface area (Å²) < 4.78 is 4.23. The Morgan fingerprint density at radius 3 is 2.70 bits per heavy atom. The van der Waals surface area contributed by atoms with Crippen LogP contribution in [0, 0.1) is 11.8 Å². The molecule has 1 spiro atoms. The summed E-state index contributed by atoms with van der Waals surface area (Å²) in [5.41, 5.74) is 0.970. The molecule has 4 rings (SSSR count). The zero-order chi connectivity index (χ0) is 21.5. The number of aliphatic hydroxyl groups is 1. The molecule has 3 aliphatic heterocycles. The third-order valence-electron chi connectivity index (χ3n) is 6.72. The number of likely N-dealkylation sites (tertiary alicyclic amines) is 1. The van der Waals surface area contributed by atoms with Crippen LogP contribution in [0.15, 0.2) is 30.3 Å². The number of ether oxygens (including phenoxy) is 1. The number of amides is 2. The molecule has 1 aromatic rings. The van der Waals surface area contributed by atoms with Crippen LogP contribution in [0.2, 0.25) is 0 Å². The largest absolute Gasteiger partial charge is 0.466 e. The highest BCUT2D eigenvalue weighted by molar-refractivity contribution is 8.02. The number of esters is 1. The lowest BCUT2D eigenvalue weighted by Gasteiger charge is -2.34. The van der Waals surface area contributed by atoms with E-state index >= 15 is 0 Å². The highest BCUT2D eigenvalue weighted by Crippen LogP contribution is 2.71. The molecule has 3 fully saturated rings. The maximum absolute atomic E-state index is 13.4. The van der Waals surface area contributed by atoms with Gasteiger partial charge in [0.15, 0.2) is 0 Å². The van der Waals surface area contributed by atoms with E-state index in [9.17, 15) is 19.5 Å². The number of β-amino-alcohol motifs (C(OH)–C–C–N with tert-alkyl or cyclic N) is 1. The van der Waals surface area contributed by atoms with Gasteiger partial charge in [0.25, 0.3) is 0 Å². The number of rotatable bonds is 7. The standard InChI is InChI=1S/C22H28N2O5S/c1-3-29-20(28)16-15-19(27)24(11-12-25)17(22(15)10-9-21(16,2)30-22)18(26)23-13-14-7-5-4-6-8-14/h4-8,15-17,25H,3,9-13H2,1-2H3,(H,23,26)/t15-,16+,17?,21-,22?/m0/s1. The number of nitrogens with one attached hydrogen (secondary N) is 1. The van der Waals surface area contributed by atoms with Gasteiger partial charge >= 0.3 is 5.97 Å². The zero-order valence-electron chi connectivity index (χ0n) is 17.3. The fraction of sp³-hybridized carbons (Fsp3) is 0.591. The summed E-state index contributed by atoms with van der Waals surface area (Å²) in [6.45, 7) is 4.22. The minimum atomic E-state index is -0.711. The van der Waals surface area contributed by atoms with Crippen molar-refractivity contribution in [3.8, 4) is 0 Å². The molecule has 7 nitrogen and oxygen atoms in total. The summed E-state index contributed by atoms with van der Waals surface area (Å²) in [5.74, 6) is -1.99. The molecular weight excluding hydrogens is 404 g/mol. The Kier molecular flexibility index (Phi) is 5.57. The summed E-state index contributed by atoms with van der Waals surface area (Å²) in [6, 6.07) is 8.88. The van der Waals surface area contributed by atoms with E-state index in [1.807, 2.05) is 37.3 Å². The monoisotopic (exact) mass is 432 g/mol. The molecule has 162 valence electrons. The number of aliphatic hydroxyl groups excluding tert-OH is 1. The predicted molar refractivity (Wildman–Crippen MR) is 112 cm³/mol. The second-order valence-electron chi connectivity index (χ2n) is 8.44. The first-order valence-electron chi connectivity index (χ1n) is 10.5. The predicted octanol–water partition coefficient (Wildman–Crippen LogP) is 1.34. The van der Waals surface area contributed by atoms with E-state index < -0.39 is 27.4 Å². The first-order valence-corrected chi connectivity index (χ1v) is 11.3. The number of hydrogen-bond acceptors (Lipinski definition) is 6. The van der Waals surface area contributed by atoms with Crippen molar-refractivity contribution < 1.29 is 24.2 Å². The maximum atomic E-state index is 13.4. The van der Waals surface area contributed by atoms with E-state index in [1.165, 1.54) is 4.90 Å². The maximum Gasteiger partial charge on any atom is 0.311 e. The Bertz CT molecular complexity index is 849. The van der Waals surface area contributed by atoms with Crippen LogP contribution < -0.4 is 5.32 Å². The van der Waals surface area contributed by atoms with Crippen LogP contribution >= 0.6 is 11.8 Å². The number of hydrogen-bond donors (Lipinski definition) is 2. The average Bonchev–Trinajstić information content (AvgIpc) is 3.29. The molecular formula is C22H28N2O5S. The molecule has 0 radical (unpaired) electrons. The molecule has 0 aromatic heterocycles. The Hall–Kier alpha value is -2.06. The number of benzene rings is 1. The minimum absolute atomic E-state index is 0.0767. The van der Waals surface area contributed by atoms with E-state index in [1.54, 1.807) is 18.7 Å². The topological polar surface area (TPSA) is 95.9 Å². The molecule has 3 heterocycles. The van der Waals surface area contributed by atoms with Crippen LogP contribution in [0.25, 0.3) is 0 Å². The van der Waals surface area contributed by atoms with Crippen molar-refractivity contribution in [1.82, 2.24) is 10.2 Å². The fourth-order valence-corrected chi connectivity index (χ4v) is 7.89. The van der Waals surface area contributed by atoms with Crippen LogP contribution in [0.3, 0.4) is 0 Å². The van der Waals surface area contributed by atoms with Gasteiger partial charge in [0, 0.05) is 17.8 Å². The molecule has 2 unspecified atom stereocenters. The normalized spacial score (nSPS) is 34.2. The number of nitrogens with zero attached hydrogens (tertiary/aromatic N) is 1. The van der Waals surface area contributed by atoms with E-state index in [4.69, 9.17) is 4.74 Å². The van der Waals surface area contributed by atoms with E-state index in [0.717, 1.165) is 12.0 Å². The molecule has 2 N–H and O–H groups in total. The lowest BCUT2D eigenvalue weighted by molar-refractivity contribution is -0.155. The molecule has 5 atom stereocenters. The van der Waals surface area contributed by atoms with Gasteiger partial charge in [0.05, 0.1) is 29.8 Å². The van der Waals surface area contributed by atoms with Crippen molar-refractivity contribution in [2.24, 2.45) is 11.8 Å². The Balaban J connectivity index is 1.65. The van der Waals surface area contributed by atoms with E-state index in [2.05, 4.69) is 5.32 Å². The summed E-state index contributed by atoms with van der Waals surface area (Å²) in [7, 11) is 0. The third-order valence-corrected chi connectivity index (χ3v) is 8.70. The van der Waals surface area contributed by atoms with Crippen molar-refractivity contribution in [2.45, 2.75) is 48.8 Å². The van der Waals surface area contributed by atoms with Gasteiger partial charge < -0.3 is 20.1 Å². The SMILES string of the molecule is CCOC(=O)[C@H]1[C@H]2C(=O)N(CCO)C(C(=O)NCc3ccccc3)C23CC[C@]1(C)S3. The summed E-state index contributed by atoms with van der Waals surface area (Å²) in [5, 5.41) is 12.5. The third kappa shape index (κ3) is 3.12. The second-order valence-corrected chi connectivity index (χ2v) is 10.3. The van der Waals surface area contributed by atoms with Gasteiger partial charge in [-0.2, -0.15) is 0 Å². The Morgan fingerprint density at radius 1 is 1.30 bits per heavy atom. The van der Waals surface area contributed by atoms with Crippen molar-refractivity contribution in [3.05, 3.63) is 35.9 Å². The molecule has 0 aliphatic carbocycles. The minimum Gasteiger partial charge on any atom is -0.466 e. The van der Waals surface area contributed by atoms with E-state index in [-0.39, 0.29) is 37.5 Å². The smallest absolute Gasteiger partial charge is 0.311 e. The van der Waals surface area contributed by atoms with Gasteiger partial charge in [-0.1, -0.05) is 30.3 Å². The van der Waals surface area contributed by atoms with E-state index in [0.29, 0.717) is 13.0 Å².